The smallest absolute Gasteiger partial charge is 0.231 e. The van der Waals surface area contributed by atoms with Crippen LogP contribution in [0.3, 0.4) is 0 Å². The lowest BCUT2D eigenvalue weighted by Crippen LogP contribution is -2.48. The van der Waals surface area contributed by atoms with Crippen LogP contribution in [-0.2, 0) is 11.3 Å². The van der Waals surface area contributed by atoms with Gasteiger partial charge in [-0.05, 0) is 31.0 Å². The van der Waals surface area contributed by atoms with Crippen molar-refractivity contribution in [3.63, 3.8) is 0 Å². The van der Waals surface area contributed by atoms with Crippen molar-refractivity contribution in [1.29, 1.82) is 0 Å². The first-order chi connectivity index (χ1) is 8.98. The van der Waals surface area contributed by atoms with Crippen LogP contribution in [0.15, 0.2) is 22.7 Å². The van der Waals surface area contributed by atoms with Crippen LogP contribution in [0.25, 0.3) is 0 Å². The molecule has 0 heterocycles. The molecule has 0 spiro atoms. The van der Waals surface area contributed by atoms with Gasteiger partial charge in [-0.2, -0.15) is 0 Å². The molecule has 5 heteroatoms. The molecule has 19 heavy (non-hydrogen) atoms. The molecule has 1 fully saturated rings. The zero-order chi connectivity index (χ0) is 14.0. The normalized spacial score (nSPS) is 16.8. The highest BCUT2D eigenvalue weighted by molar-refractivity contribution is 9.10. The molecule has 1 aliphatic carbocycles. The highest BCUT2D eigenvalue weighted by Gasteiger charge is 2.45. The Hall–Kier alpha value is -0.940. The summed E-state index contributed by atoms with van der Waals surface area (Å²) in [6.45, 7) is 0.0863. The molecule has 1 aliphatic rings. The van der Waals surface area contributed by atoms with Crippen LogP contribution >= 0.6 is 15.9 Å². The fourth-order valence-corrected chi connectivity index (χ4v) is 2.85. The maximum atomic E-state index is 13.7. The molecule has 1 amide bonds. The first-order valence-corrected chi connectivity index (χ1v) is 7.08. The van der Waals surface area contributed by atoms with E-state index in [1.54, 1.807) is 19.2 Å². The van der Waals surface area contributed by atoms with Crippen molar-refractivity contribution in [1.82, 2.24) is 4.90 Å². The Morgan fingerprint density at radius 1 is 1.53 bits per heavy atom. The lowest BCUT2D eigenvalue weighted by molar-refractivity contribution is -0.150. The van der Waals surface area contributed by atoms with Crippen molar-refractivity contribution in [2.75, 3.05) is 13.7 Å². The average Bonchev–Trinajstić information content (AvgIpc) is 2.33. The summed E-state index contributed by atoms with van der Waals surface area (Å²) >= 11 is 3.29. The number of benzene rings is 1. The summed E-state index contributed by atoms with van der Waals surface area (Å²) in [4.78, 5) is 13.8. The number of hydrogen-bond acceptors (Lipinski definition) is 2. The lowest BCUT2D eigenvalue weighted by atomic mass is 9.68. The number of rotatable bonds is 4. The molecule has 1 N–H and O–H groups in total. The van der Waals surface area contributed by atoms with Gasteiger partial charge in [-0.25, -0.2) is 4.39 Å². The molecule has 2 rings (SSSR count). The largest absolute Gasteiger partial charge is 0.395 e. The van der Waals surface area contributed by atoms with E-state index in [9.17, 15) is 14.3 Å². The fraction of sp³-hybridized carbons (Fsp3) is 0.500. The zero-order valence-corrected chi connectivity index (χ0v) is 12.4. The van der Waals surface area contributed by atoms with Crippen molar-refractivity contribution < 1.29 is 14.3 Å². The minimum Gasteiger partial charge on any atom is -0.395 e. The van der Waals surface area contributed by atoms with Crippen LogP contribution in [-0.4, -0.2) is 29.6 Å². The van der Waals surface area contributed by atoms with Gasteiger partial charge in [-0.15, -0.1) is 0 Å². The minimum absolute atomic E-state index is 0.0966. The molecule has 0 aliphatic heterocycles. The van der Waals surface area contributed by atoms with Crippen LogP contribution in [0.2, 0.25) is 0 Å². The third kappa shape index (κ3) is 2.82. The van der Waals surface area contributed by atoms with Crippen molar-refractivity contribution in [2.45, 2.75) is 25.8 Å². The number of halogens is 2. The molecule has 104 valence electrons. The van der Waals surface area contributed by atoms with Crippen molar-refractivity contribution in [2.24, 2.45) is 5.41 Å². The van der Waals surface area contributed by atoms with Gasteiger partial charge in [0.05, 0.1) is 12.0 Å². The molecule has 0 radical (unpaired) electrons. The van der Waals surface area contributed by atoms with E-state index in [0.29, 0.717) is 18.4 Å². The van der Waals surface area contributed by atoms with Gasteiger partial charge in [0.1, 0.15) is 5.82 Å². The summed E-state index contributed by atoms with van der Waals surface area (Å²) in [6, 6.07) is 4.68. The first kappa shape index (κ1) is 14.5. The number of carbonyl (C=O) groups is 1. The molecular weight excluding hydrogens is 313 g/mol. The number of aliphatic hydroxyl groups is 1. The Labute approximate surface area is 120 Å². The van der Waals surface area contributed by atoms with E-state index >= 15 is 0 Å². The van der Waals surface area contributed by atoms with E-state index in [1.807, 2.05) is 0 Å². The molecule has 1 aromatic carbocycles. The SMILES string of the molecule is CN(Cc1cc(Br)ccc1F)C(=O)C1(CO)CCC1. The van der Waals surface area contributed by atoms with Crippen molar-refractivity contribution >= 4 is 21.8 Å². The quantitative estimate of drug-likeness (QED) is 0.922. The van der Waals surface area contributed by atoms with E-state index in [2.05, 4.69) is 15.9 Å². The van der Waals surface area contributed by atoms with E-state index < -0.39 is 5.41 Å². The maximum absolute atomic E-state index is 13.7. The van der Waals surface area contributed by atoms with E-state index in [4.69, 9.17) is 0 Å². The van der Waals surface area contributed by atoms with Gasteiger partial charge in [0.15, 0.2) is 0 Å². The number of carbonyl (C=O) groups excluding carboxylic acids is 1. The van der Waals surface area contributed by atoms with Crippen LogP contribution < -0.4 is 0 Å². The minimum atomic E-state index is -0.628. The summed E-state index contributed by atoms with van der Waals surface area (Å²) in [6.07, 6.45) is 2.40. The first-order valence-electron chi connectivity index (χ1n) is 6.29. The van der Waals surface area contributed by atoms with Gasteiger partial charge in [0.25, 0.3) is 0 Å². The van der Waals surface area contributed by atoms with Gasteiger partial charge in [-0.1, -0.05) is 22.4 Å². The standard InChI is InChI=1S/C14H17BrFNO2/c1-17(13(19)14(9-18)5-2-6-14)8-10-7-11(15)3-4-12(10)16/h3-4,7,18H,2,5-6,8-9H2,1H3. The maximum Gasteiger partial charge on any atom is 0.231 e. The summed E-state index contributed by atoms with van der Waals surface area (Å²) < 4.78 is 14.4. The molecule has 1 aromatic rings. The second kappa shape index (κ2) is 5.59. The molecule has 0 unspecified atom stereocenters. The van der Waals surface area contributed by atoms with Gasteiger partial charge in [0.2, 0.25) is 5.91 Å². The molecule has 0 saturated heterocycles. The Kier molecular flexibility index (Phi) is 4.26. The molecule has 1 saturated carbocycles. The van der Waals surface area contributed by atoms with Crippen molar-refractivity contribution in [3.05, 3.63) is 34.1 Å². The van der Waals surface area contributed by atoms with Crippen LogP contribution in [0.5, 0.6) is 0 Å². The summed E-state index contributed by atoms with van der Waals surface area (Å²) in [5.41, 5.74) is -0.158. The molecule has 0 aromatic heterocycles. The second-order valence-electron chi connectivity index (χ2n) is 5.19. The van der Waals surface area contributed by atoms with Gasteiger partial charge in [0, 0.05) is 23.6 Å². The van der Waals surface area contributed by atoms with Crippen molar-refractivity contribution in [3.8, 4) is 0 Å². The van der Waals surface area contributed by atoms with Gasteiger partial charge >= 0.3 is 0 Å². The predicted molar refractivity (Wildman–Crippen MR) is 73.9 cm³/mol. The summed E-state index contributed by atoms with van der Waals surface area (Å²) in [7, 11) is 1.65. The monoisotopic (exact) mass is 329 g/mol. The molecule has 0 atom stereocenters. The fourth-order valence-electron chi connectivity index (χ4n) is 2.44. The Bertz CT molecular complexity index is 483. The Balaban J connectivity index is 2.10. The number of hydrogen-bond donors (Lipinski definition) is 1. The van der Waals surface area contributed by atoms with E-state index in [-0.39, 0.29) is 24.9 Å². The van der Waals surface area contributed by atoms with Gasteiger partial charge in [-0.3, -0.25) is 4.79 Å². The van der Waals surface area contributed by atoms with Crippen LogP contribution in [0.4, 0.5) is 4.39 Å². The second-order valence-corrected chi connectivity index (χ2v) is 6.10. The zero-order valence-electron chi connectivity index (χ0n) is 10.8. The number of nitrogens with zero attached hydrogens (tertiary/aromatic N) is 1. The summed E-state index contributed by atoms with van der Waals surface area (Å²) in [5, 5.41) is 9.39. The Morgan fingerprint density at radius 3 is 2.74 bits per heavy atom. The van der Waals surface area contributed by atoms with E-state index in [1.165, 1.54) is 11.0 Å². The average molecular weight is 330 g/mol. The molecule has 3 nitrogen and oxygen atoms in total. The molecular formula is C14H17BrFNO2. The third-order valence-electron chi connectivity index (χ3n) is 3.83. The number of aliphatic hydroxyl groups excluding tert-OH is 1. The third-order valence-corrected chi connectivity index (χ3v) is 4.32. The van der Waals surface area contributed by atoms with E-state index in [0.717, 1.165) is 10.9 Å². The van der Waals surface area contributed by atoms with Crippen LogP contribution in [0.1, 0.15) is 24.8 Å². The summed E-state index contributed by atoms with van der Waals surface area (Å²) in [5.74, 6) is -0.421. The van der Waals surface area contributed by atoms with Gasteiger partial charge < -0.3 is 10.0 Å². The number of amides is 1. The Morgan fingerprint density at radius 2 is 2.21 bits per heavy atom. The topological polar surface area (TPSA) is 40.5 Å². The predicted octanol–water partition coefficient (Wildman–Crippen LogP) is 2.71. The highest BCUT2D eigenvalue weighted by atomic mass is 79.9. The highest BCUT2D eigenvalue weighted by Crippen LogP contribution is 2.42. The lowest BCUT2D eigenvalue weighted by Gasteiger charge is -2.41. The van der Waals surface area contributed by atoms with Crippen LogP contribution in [0, 0.1) is 11.2 Å². The molecule has 0 bridgehead atoms.